The number of aromatic nitrogens is 2. The van der Waals surface area contributed by atoms with E-state index in [1.165, 1.54) is 19.3 Å². The second kappa shape index (κ2) is 8.83. The first-order valence-corrected chi connectivity index (χ1v) is 8.73. The Morgan fingerprint density at radius 2 is 1.59 bits per heavy atom. The van der Waals surface area contributed by atoms with Crippen LogP contribution < -0.4 is 20.1 Å². The molecule has 0 bridgehead atoms. The fraction of sp³-hybridized carbons (Fsp3) is 0.143. The molecular formula is C21H20N4O4. The highest BCUT2D eigenvalue weighted by Crippen LogP contribution is 2.30. The maximum absolute atomic E-state index is 12.4. The summed E-state index contributed by atoms with van der Waals surface area (Å²) in [7, 11) is 3.13. The van der Waals surface area contributed by atoms with Gasteiger partial charge in [-0.2, -0.15) is 0 Å². The number of hydrogen-bond donors (Lipinski definition) is 2. The number of hydrogen-bond acceptors (Lipinski definition) is 7. The van der Waals surface area contributed by atoms with E-state index in [0.717, 1.165) is 0 Å². The van der Waals surface area contributed by atoms with Gasteiger partial charge in [0, 0.05) is 29.7 Å². The summed E-state index contributed by atoms with van der Waals surface area (Å²) in [4.78, 5) is 32.0. The van der Waals surface area contributed by atoms with Crippen LogP contribution in [0.3, 0.4) is 0 Å². The van der Waals surface area contributed by atoms with Gasteiger partial charge in [-0.3, -0.25) is 9.59 Å². The number of methoxy groups -OCH3 is 2. The van der Waals surface area contributed by atoms with Gasteiger partial charge in [0.05, 0.1) is 25.5 Å². The molecule has 0 aliphatic rings. The van der Waals surface area contributed by atoms with E-state index in [0.29, 0.717) is 39.9 Å². The van der Waals surface area contributed by atoms with Crippen molar-refractivity contribution in [1.29, 1.82) is 0 Å². The zero-order chi connectivity index (χ0) is 20.8. The molecule has 0 saturated carbocycles. The third kappa shape index (κ3) is 4.86. The van der Waals surface area contributed by atoms with E-state index in [9.17, 15) is 9.59 Å². The first-order chi connectivity index (χ1) is 14.0. The van der Waals surface area contributed by atoms with E-state index < -0.39 is 0 Å². The van der Waals surface area contributed by atoms with Crippen molar-refractivity contribution in [2.75, 3.05) is 24.9 Å². The third-order valence-corrected chi connectivity index (χ3v) is 4.12. The third-order valence-electron chi connectivity index (χ3n) is 4.12. The molecule has 29 heavy (non-hydrogen) atoms. The standard InChI is InChI=1S/C21H20N4O4/c1-13(26)14-4-6-16(7-5-14)24-20(27)15-11-22-21(23-12-15)25-18-10-17(28-2)8-9-19(18)29-3/h4-12H,1-3H3,(H,24,27)(H,22,23,25). The van der Waals surface area contributed by atoms with Crippen molar-refractivity contribution in [3.05, 3.63) is 66.0 Å². The fourth-order valence-electron chi connectivity index (χ4n) is 2.53. The number of ketones is 1. The maximum atomic E-state index is 12.4. The van der Waals surface area contributed by atoms with E-state index in [1.54, 1.807) is 56.7 Å². The molecule has 3 aromatic rings. The number of anilines is 3. The molecular weight excluding hydrogens is 372 g/mol. The second-order valence-electron chi connectivity index (χ2n) is 6.07. The lowest BCUT2D eigenvalue weighted by Gasteiger charge is -2.11. The fourth-order valence-corrected chi connectivity index (χ4v) is 2.53. The monoisotopic (exact) mass is 392 g/mol. The number of benzene rings is 2. The molecule has 2 aromatic carbocycles. The molecule has 0 aliphatic carbocycles. The molecule has 3 rings (SSSR count). The first-order valence-electron chi connectivity index (χ1n) is 8.73. The summed E-state index contributed by atoms with van der Waals surface area (Å²) < 4.78 is 10.5. The highest BCUT2D eigenvalue weighted by atomic mass is 16.5. The first kappa shape index (κ1) is 19.8. The van der Waals surface area contributed by atoms with Gasteiger partial charge in [0.25, 0.3) is 5.91 Å². The van der Waals surface area contributed by atoms with Crippen molar-refractivity contribution >= 4 is 29.0 Å². The number of Topliss-reactive ketones (excluding diaryl/α,β-unsaturated/α-hetero) is 1. The highest BCUT2D eigenvalue weighted by Gasteiger charge is 2.10. The molecule has 8 heteroatoms. The zero-order valence-electron chi connectivity index (χ0n) is 16.2. The van der Waals surface area contributed by atoms with Gasteiger partial charge in [0.15, 0.2) is 5.78 Å². The van der Waals surface area contributed by atoms with Crippen molar-refractivity contribution in [2.24, 2.45) is 0 Å². The van der Waals surface area contributed by atoms with Gasteiger partial charge >= 0.3 is 0 Å². The summed E-state index contributed by atoms with van der Waals surface area (Å²) in [5.41, 5.74) is 2.08. The number of nitrogens with zero attached hydrogens (tertiary/aromatic N) is 2. The molecule has 1 heterocycles. The van der Waals surface area contributed by atoms with Gasteiger partial charge in [-0.1, -0.05) is 0 Å². The molecule has 0 saturated heterocycles. The SMILES string of the molecule is COc1ccc(OC)c(Nc2ncc(C(=O)Nc3ccc(C(C)=O)cc3)cn2)c1. The van der Waals surface area contributed by atoms with Crippen molar-refractivity contribution in [3.63, 3.8) is 0 Å². The smallest absolute Gasteiger partial charge is 0.258 e. The van der Waals surface area contributed by atoms with Crippen LogP contribution in [0.2, 0.25) is 0 Å². The Balaban J connectivity index is 1.70. The lowest BCUT2D eigenvalue weighted by atomic mass is 10.1. The minimum absolute atomic E-state index is 0.0352. The molecule has 0 radical (unpaired) electrons. The number of nitrogens with one attached hydrogen (secondary N) is 2. The average molecular weight is 392 g/mol. The molecule has 1 amide bonds. The minimum atomic E-state index is -0.355. The summed E-state index contributed by atoms with van der Waals surface area (Å²) in [6.45, 7) is 1.49. The number of ether oxygens (including phenoxy) is 2. The molecule has 0 aliphatic heterocycles. The van der Waals surface area contributed by atoms with Crippen molar-refractivity contribution < 1.29 is 19.1 Å². The predicted octanol–water partition coefficient (Wildman–Crippen LogP) is 3.69. The molecule has 0 fully saturated rings. The Morgan fingerprint density at radius 1 is 0.897 bits per heavy atom. The van der Waals surface area contributed by atoms with Gasteiger partial charge < -0.3 is 20.1 Å². The molecule has 0 unspecified atom stereocenters. The Bertz CT molecular complexity index is 1020. The van der Waals surface area contributed by atoms with Crippen molar-refractivity contribution in [1.82, 2.24) is 9.97 Å². The molecule has 148 valence electrons. The van der Waals surface area contributed by atoms with E-state index >= 15 is 0 Å². The number of carbonyl (C=O) groups is 2. The Kier molecular flexibility index (Phi) is 6.03. The lowest BCUT2D eigenvalue weighted by Crippen LogP contribution is -2.13. The summed E-state index contributed by atoms with van der Waals surface area (Å²) in [5, 5.41) is 5.78. The molecule has 2 N–H and O–H groups in total. The van der Waals surface area contributed by atoms with Gasteiger partial charge in [-0.05, 0) is 43.3 Å². The molecule has 0 atom stereocenters. The Hall–Kier alpha value is -3.94. The maximum Gasteiger partial charge on any atom is 0.258 e. The summed E-state index contributed by atoms with van der Waals surface area (Å²) in [6.07, 6.45) is 2.84. The Morgan fingerprint density at radius 3 is 2.17 bits per heavy atom. The van der Waals surface area contributed by atoms with Crippen molar-refractivity contribution in [2.45, 2.75) is 6.92 Å². The molecule has 0 spiro atoms. The van der Waals surface area contributed by atoms with Crippen LogP contribution in [0.4, 0.5) is 17.3 Å². The highest BCUT2D eigenvalue weighted by molar-refractivity contribution is 6.04. The zero-order valence-corrected chi connectivity index (χ0v) is 16.2. The summed E-state index contributed by atoms with van der Waals surface area (Å²) >= 11 is 0. The minimum Gasteiger partial charge on any atom is -0.497 e. The molecule has 8 nitrogen and oxygen atoms in total. The Labute approximate surface area is 167 Å². The lowest BCUT2D eigenvalue weighted by molar-refractivity contribution is 0.101. The van der Waals surface area contributed by atoms with Crippen LogP contribution in [0, 0.1) is 0 Å². The van der Waals surface area contributed by atoms with E-state index in [-0.39, 0.29) is 11.7 Å². The normalized spacial score (nSPS) is 10.2. The van der Waals surface area contributed by atoms with Gasteiger partial charge in [-0.25, -0.2) is 9.97 Å². The van der Waals surface area contributed by atoms with E-state index in [4.69, 9.17) is 9.47 Å². The van der Waals surface area contributed by atoms with Crippen LogP contribution in [0.15, 0.2) is 54.9 Å². The van der Waals surface area contributed by atoms with Gasteiger partial charge in [0.2, 0.25) is 5.95 Å². The predicted molar refractivity (Wildman–Crippen MR) is 109 cm³/mol. The molecule has 1 aromatic heterocycles. The number of amides is 1. The number of rotatable bonds is 7. The van der Waals surface area contributed by atoms with Crippen LogP contribution in [0.25, 0.3) is 0 Å². The average Bonchev–Trinajstić information content (AvgIpc) is 2.74. The second-order valence-corrected chi connectivity index (χ2v) is 6.07. The van der Waals surface area contributed by atoms with Crippen LogP contribution in [-0.4, -0.2) is 35.9 Å². The van der Waals surface area contributed by atoms with Crippen molar-refractivity contribution in [3.8, 4) is 11.5 Å². The van der Waals surface area contributed by atoms with Crippen LogP contribution in [0.5, 0.6) is 11.5 Å². The van der Waals surface area contributed by atoms with Gasteiger partial charge in [0.1, 0.15) is 11.5 Å². The van der Waals surface area contributed by atoms with Crippen LogP contribution in [-0.2, 0) is 0 Å². The quantitative estimate of drug-likeness (QED) is 0.591. The van der Waals surface area contributed by atoms with Crippen LogP contribution >= 0.6 is 0 Å². The van der Waals surface area contributed by atoms with Crippen LogP contribution in [0.1, 0.15) is 27.6 Å². The van der Waals surface area contributed by atoms with Gasteiger partial charge in [-0.15, -0.1) is 0 Å². The summed E-state index contributed by atoms with van der Waals surface area (Å²) in [6, 6.07) is 11.9. The topological polar surface area (TPSA) is 102 Å². The number of carbonyl (C=O) groups excluding carboxylic acids is 2. The summed E-state index contributed by atoms with van der Waals surface area (Å²) in [5.74, 6) is 1.17. The van der Waals surface area contributed by atoms with E-state index in [1.807, 2.05) is 0 Å². The van der Waals surface area contributed by atoms with E-state index in [2.05, 4.69) is 20.6 Å². The largest absolute Gasteiger partial charge is 0.497 e.